The normalized spacial score (nSPS) is 23.7. The molecule has 2 heteroatoms. The summed E-state index contributed by atoms with van der Waals surface area (Å²) in [6.45, 7) is 8.10. The van der Waals surface area contributed by atoms with Crippen molar-refractivity contribution in [3.63, 3.8) is 0 Å². The van der Waals surface area contributed by atoms with Crippen molar-refractivity contribution in [2.45, 2.75) is 20.0 Å². The summed E-state index contributed by atoms with van der Waals surface area (Å²) in [5.41, 5.74) is 0. The first kappa shape index (κ1) is 8.91. The van der Waals surface area contributed by atoms with Gasteiger partial charge in [-0.05, 0) is 19.9 Å². The molecule has 1 heterocycles. The Morgan fingerprint density at radius 1 is 1.58 bits per heavy atom. The van der Waals surface area contributed by atoms with Crippen molar-refractivity contribution in [1.82, 2.24) is 0 Å². The van der Waals surface area contributed by atoms with Crippen LogP contribution in [0.1, 0.15) is 13.8 Å². The maximum atomic E-state index is 5.52. The van der Waals surface area contributed by atoms with Crippen molar-refractivity contribution in [1.29, 1.82) is 0 Å². The van der Waals surface area contributed by atoms with E-state index in [4.69, 9.17) is 9.47 Å². The predicted octanol–water partition coefficient (Wildman–Crippen LogP) is 2.40. The molecule has 0 saturated heterocycles. The molecule has 0 aliphatic carbocycles. The van der Waals surface area contributed by atoms with Gasteiger partial charge in [0.15, 0.2) is 5.76 Å². The van der Waals surface area contributed by atoms with Gasteiger partial charge in [-0.25, -0.2) is 0 Å². The fraction of sp³-hybridized carbons (Fsp3) is 0.400. The summed E-state index contributed by atoms with van der Waals surface area (Å²) in [6, 6.07) is 0. The maximum Gasteiger partial charge on any atom is 0.157 e. The summed E-state index contributed by atoms with van der Waals surface area (Å²) in [7, 11) is 0. The van der Waals surface area contributed by atoms with E-state index in [9.17, 15) is 0 Å². The van der Waals surface area contributed by atoms with Crippen LogP contribution in [0.3, 0.4) is 0 Å². The molecule has 0 fully saturated rings. The lowest BCUT2D eigenvalue weighted by Crippen LogP contribution is -2.20. The van der Waals surface area contributed by atoms with Crippen molar-refractivity contribution in [2.75, 3.05) is 6.61 Å². The number of rotatable bonds is 2. The second-order valence-electron chi connectivity index (χ2n) is 2.75. The Labute approximate surface area is 73.2 Å². The van der Waals surface area contributed by atoms with Crippen LogP contribution in [0.4, 0.5) is 0 Å². The van der Waals surface area contributed by atoms with Crippen LogP contribution in [0.25, 0.3) is 0 Å². The molecule has 12 heavy (non-hydrogen) atoms. The lowest BCUT2D eigenvalue weighted by atomic mass is 10.3. The smallest absolute Gasteiger partial charge is 0.157 e. The number of ether oxygens (including phenoxy) is 2. The quantitative estimate of drug-likeness (QED) is 0.586. The van der Waals surface area contributed by atoms with E-state index in [1.165, 1.54) is 0 Å². The van der Waals surface area contributed by atoms with Gasteiger partial charge in [-0.2, -0.15) is 0 Å². The van der Waals surface area contributed by atoms with E-state index in [1.54, 1.807) is 6.08 Å². The standard InChI is InChI=1S/C10H14O2/c1-4-5-6-10-9(3)11-7-8(2)12-10/h4-6,8H,1,7H2,2-3H3/b6-5-. The first-order chi connectivity index (χ1) is 5.74. The molecule has 0 aromatic carbocycles. The third kappa shape index (κ3) is 2.16. The summed E-state index contributed by atoms with van der Waals surface area (Å²) in [5.74, 6) is 1.64. The third-order valence-electron chi connectivity index (χ3n) is 1.59. The molecule has 1 atom stereocenters. The van der Waals surface area contributed by atoms with E-state index in [0.29, 0.717) is 6.61 Å². The van der Waals surface area contributed by atoms with Gasteiger partial charge in [-0.1, -0.05) is 18.7 Å². The largest absolute Gasteiger partial charge is 0.491 e. The van der Waals surface area contributed by atoms with Gasteiger partial charge in [-0.15, -0.1) is 0 Å². The Bertz CT molecular complexity index is 226. The highest BCUT2D eigenvalue weighted by Crippen LogP contribution is 2.17. The average molecular weight is 166 g/mol. The van der Waals surface area contributed by atoms with Crippen molar-refractivity contribution < 1.29 is 9.47 Å². The van der Waals surface area contributed by atoms with Gasteiger partial charge in [0.05, 0.1) is 0 Å². The zero-order chi connectivity index (χ0) is 8.97. The lowest BCUT2D eigenvalue weighted by Gasteiger charge is -2.23. The predicted molar refractivity (Wildman–Crippen MR) is 48.5 cm³/mol. The summed E-state index contributed by atoms with van der Waals surface area (Å²) < 4.78 is 10.9. The minimum Gasteiger partial charge on any atom is -0.491 e. The van der Waals surface area contributed by atoms with Crippen molar-refractivity contribution in [3.8, 4) is 0 Å². The summed E-state index contributed by atoms with van der Waals surface area (Å²) in [5, 5.41) is 0. The van der Waals surface area contributed by atoms with E-state index in [0.717, 1.165) is 11.5 Å². The highest BCUT2D eigenvalue weighted by atomic mass is 16.6. The Hall–Kier alpha value is -1.18. The van der Waals surface area contributed by atoms with Gasteiger partial charge >= 0.3 is 0 Å². The fourth-order valence-corrected chi connectivity index (χ4v) is 0.959. The van der Waals surface area contributed by atoms with E-state index in [-0.39, 0.29) is 6.10 Å². The van der Waals surface area contributed by atoms with Crippen molar-refractivity contribution in [3.05, 3.63) is 36.3 Å². The highest BCUT2D eigenvalue weighted by Gasteiger charge is 2.14. The molecule has 1 aliphatic rings. The molecular formula is C10H14O2. The fourth-order valence-electron chi connectivity index (χ4n) is 0.959. The zero-order valence-corrected chi connectivity index (χ0v) is 7.54. The first-order valence-electron chi connectivity index (χ1n) is 4.03. The van der Waals surface area contributed by atoms with Crippen LogP contribution < -0.4 is 0 Å². The summed E-state index contributed by atoms with van der Waals surface area (Å²) in [4.78, 5) is 0. The molecule has 0 saturated carbocycles. The lowest BCUT2D eigenvalue weighted by molar-refractivity contribution is 0.0141. The van der Waals surface area contributed by atoms with Gasteiger partial charge in [0.25, 0.3) is 0 Å². The van der Waals surface area contributed by atoms with Crippen LogP contribution in [0.5, 0.6) is 0 Å². The third-order valence-corrected chi connectivity index (χ3v) is 1.59. The second kappa shape index (κ2) is 4.00. The molecule has 0 aromatic rings. The molecular weight excluding hydrogens is 152 g/mol. The Morgan fingerprint density at radius 2 is 2.33 bits per heavy atom. The van der Waals surface area contributed by atoms with Gasteiger partial charge < -0.3 is 9.47 Å². The molecule has 2 nitrogen and oxygen atoms in total. The van der Waals surface area contributed by atoms with Crippen LogP contribution in [0.2, 0.25) is 0 Å². The molecule has 1 unspecified atom stereocenters. The monoisotopic (exact) mass is 166 g/mol. The molecule has 1 rings (SSSR count). The molecule has 0 aromatic heterocycles. The van der Waals surface area contributed by atoms with Gasteiger partial charge in [0.2, 0.25) is 0 Å². The molecule has 0 amide bonds. The summed E-state index contributed by atoms with van der Waals surface area (Å²) in [6.07, 6.45) is 5.54. The minimum absolute atomic E-state index is 0.137. The van der Waals surface area contributed by atoms with Crippen LogP contribution in [-0.4, -0.2) is 12.7 Å². The maximum absolute atomic E-state index is 5.52. The van der Waals surface area contributed by atoms with Crippen LogP contribution in [0.15, 0.2) is 36.3 Å². The molecule has 0 radical (unpaired) electrons. The van der Waals surface area contributed by atoms with Gasteiger partial charge in [0, 0.05) is 0 Å². The van der Waals surface area contributed by atoms with Crippen LogP contribution in [0, 0.1) is 0 Å². The summed E-state index contributed by atoms with van der Waals surface area (Å²) >= 11 is 0. The van der Waals surface area contributed by atoms with Gasteiger partial charge in [0.1, 0.15) is 18.5 Å². The van der Waals surface area contributed by atoms with Crippen LogP contribution >= 0.6 is 0 Å². The first-order valence-corrected chi connectivity index (χ1v) is 4.03. The van der Waals surface area contributed by atoms with E-state index in [2.05, 4.69) is 6.58 Å². The molecule has 66 valence electrons. The number of hydrogen-bond donors (Lipinski definition) is 0. The number of hydrogen-bond acceptors (Lipinski definition) is 2. The van der Waals surface area contributed by atoms with Crippen molar-refractivity contribution in [2.24, 2.45) is 0 Å². The molecule has 0 bridgehead atoms. The van der Waals surface area contributed by atoms with E-state index in [1.807, 2.05) is 26.0 Å². The van der Waals surface area contributed by atoms with E-state index >= 15 is 0 Å². The highest BCUT2D eigenvalue weighted by molar-refractivity contribution is 5.19. The Morgan fingerprint density at radius 3 is 3.00 bits per heavy atom. The number of allylic oxidation sites excluding steroid dienone is 4. The SMILES string of the molecule is C=C/C=C\C1=C(C)OCC(C)O1. The Balaban J connectivity index is 2.70. The topological polar surface area (TPSA) is 18.5 Å². The van der Waals surface area contributed by atoms with Crippen molar-refractivity contribution >= 4 is 0 Å². The molecule has 0 spiro atoms. The minimum atomic E-state index is 0.137. The zero-order valence-electron chi connectivity index (χ0n) is 7.54. The second-order valence-corrected chi connectivity index (χ2v) is 2.75. The Kier molecular flexibility index (Phi) is 2.97. The average Bonchev–Trinajstić information content (AvgIpc) is 2.07. The molecule has 1 aliphatic heterocycles. The van der Waals surface area contributed by atoms with Gasteiger partial charge in [-0.3, -0.25) is 0 Å². The van der Waals surface area contributed by atoms with Crippen LogP contribution in [-0.2, 0) is 9.47 Å². The van der Waals surface area contributed by atoms with E-state index < -0.39 is 0 Å². The molecule has 0 N–H and O–H groups in total.